The van der Waals surface area contributed by atoms with Crippen LogP contribution in [0.15, 0.2) is 24.3 Å². The first-order valence-electron chi connectivity index (χ1n) is 8.63. The maximum absolute atomic E-state index is 12.5. The van der Waals surface area contributed by atoms with Gasteiger partial charge in [0.15, 0.2) is 11.5 Å². The number of piperidine rings is 1. The monoisotopic (exact) mass is 330 g/mol. The minimum absolute atomic E-state index is 0.0447. The molecule has 1 atom stereocenters. The number of rotatable bonds is 4. The maximum atomic E-state index is 12.5. The number of carbonyl (C=O) groups is 1. The molecular weight excluding hydrogens is 304 g/mol. The highest BCUT2D eigenvalue weighted by Gasteiger charge is 2.26. The van der Waals surface area contributed by atoms with E-state index < -0.39 is 0 Å². The Bertz CT molecular complexity index is 627. The topological polar surface area (TPSA) is 42.0 Å². The Morgan fingerprint density at radius 2 is 2.12 bits per heavy atom. The van der Waals surface area contributed by atoms with E-state index in [2.05, 4.69) is 18.7 Å². The van der Waals surface area contributed by atoms with Crippen LogP contribution in [0, 0.1) is 0 Å². The molecule has 1 amide bonds. The van der Waals surface area contributed by atoms with Gasteiger partial charge in [0.05, 0.1) is 0 Å². The van der Waals surface area contributed by atoms with E-state index in [-0.39, 0.29) is 18.7 Å². The molecule has 2 heterocycles. The molecule has 0 bridgehead atoms. The second-order valence-corrected chi connectivity index (χ2v) is 6.78. The van der Waals surface area contributed by atoms with Gasteiger partial charge >= 0.3 is 0 Å². The highest BCUT2D eigenvalue weighted by Crippen LogP contribution is 2.32. The first-order chi connectivity index (χ1) is 11.5. The summed E-state index contributed by atoms with van der Waals surface area (Å²) in [4.78, 5) is 16.8. The Labute approximate surface area is 143 Å². The Balaban J connectivity index is 1.61. The number of likely N-dealkylation sites (tertiary alicyclic amines) is 1. The van der Waals surface area contributed by atoms with Gasteiger partial charge in [-0.15, -0.1) is 0 Å². The van der Waals surface area contributed by atoms with E-state index in [0.29, 0.717) is 6.04 Å². The number of amides is 1. The summed E-state index contributed by atoms with van der Waals surface area (Å²) in [5, 5.41) is 0. The van der Waals surface area contributed by atoms with Crippen LogP contribution in [0.3, 0.4) is 0 Å². The molecule has 0 radical (unpaired) electrons. The lowest BCUT2D eigenvalue weighted by Crippen LogP contribution is -2.50. The van der Waals surface area contributed by atoms with Crippen molar-refractivity contribution < 1.29 is 14.3 Å². The minimum Gasteiger partial charge on any atom is -0.454 e. The van der Waals surface area contributed by atoms with Crippen LogP contribution in [0.2, 0.25) is 0 Å². The highest BCUT2D eigenvalue weighted by molar-refractivity contribution is 5.92. The van der Waals surface area contributed by atoms with Crippen molar-refractivity contribution >= 4 is 12.0 Å². The van der Waals surface area contributed by atoms with Crippen molar-refractivity contribution in [1.29, 1.82) is 0 Å². The average molecular weight is 330 g/mol. The van der Waals surface area contributed by atoms with Gasteiger partial charge in [0.25, 0.3) is 0 Å². The molecule has 1 aromatic carbocycles. The molecule has 0 N–H and O–H groups in total. The third-order valence-electron chi connectivity index (χ3n) is 4.87. The molecule has 0 aromatic heterocycles. The maximum Gasteiger partial charge on any atom is 0.246 e. The fourth-order valence-electron chi connectivity index (χ4n) is 3.25. The van der Waals surface area contributed by atoms with E-state index >= 15 is 0 Å². The number of fused-ring (bicyclic) bond motifs is 1. The Hall–Kier alpha value is -2.01. The Kier molecular flexibility index (Phi) is 5.09. The van der Waals surface area contributed by atoms with Crippen molar-refractivity contribution in [2.24, 2.45) is 0 Å². The van der Waals surface area contributed by atoms with Gasteiger partial charge < -0.3 is 14.4 Å². The summed E-state index contributed by atoms with van der Waals surface area (Å²) in [6.07, 6.45) is 5.70. The van der Waals surface area contributed by atoms with Crippen LogP contribution < -0.4 is 9.47 Å². The predicted octanol–water partition coefficient (Wildman–Crippen LogP) is 2.76. The van der Waals surface area contributed by atoms with Crippen LogP contribution in [-0.2, 0) is 4.79 Å². The number of hydrogen-bond donors (Lipinski definition) is 0. The van der Waals surface area contributed by atoms with E-state index in [9.17, 15) is 4.79 Å². The van der Waals surface area contributed by atoms with Crippen LogP contribution in [-0.4, -0.2) is 54.7 Å². The van der Waals surface area contributed by atoms with E-state index in [1.165, 1.54) is 0 Å². The van der Waals surface area contributed by atoms with E-state index in [4.69, 9.17) is 9.47 Å². The second-order valence-electron chi connectivity index (χ2n) is 6.78. The number of benzene rings is 1. The van der Waals surface area contributed by atoms with E-state index in [1.54, 1.807) is 6.08 Å². The molecule has 130 valence electrons. The molecule has 0 spiro atoms. The molecule has 1 unspecified atom stereocenters. The van der Waals surface area contributed by atoms with Crippen LogP contribution in [0.25, 0.3) is 6.08 Å². The van der Waals surface area contributed by atoms with Crippen LogP contribution in [0.4, 0.5) is 0 Å². The van der Waals surface area contributed by atoms with Gasteiger partial charge in [-0.05, 0) is 57.0 Å². The number of likely N-dealkylation sites (N-methyl/N-ethyl adjacent to an activating group) is 1. The van der Waals surface area contributed by atoms with Crippen LogP contribution in [0.1, 0.15) is 32.3 Å². The molecule has 0 saturated carbocycles. The number of hydrogen-bond acceptors (Lipinski definition) is 4. The molecule has 2 aliphatic rings. The summed E-state index contributed by atoms with van der Waals surface area (Å²) < 4.78 is 10.7. The van der Waals surface area contributed by atoms with Crippen molar-refractivity contribution in [3.05, 3.63) is 29.8 Å². The third kappa shape index (κ3) is 3.73. The molecule has 1 fully saturated rings. The molecule has 5 heteroatoms. The molecule has 0 aliphatic carbocycles. The van der Waals surface area contributed by atoms with E-state index in [0.717, 1.165) is 43.0 Å². The zero-order valence-corrected chi connectivity index (χ0v) is 14.7. The first-order valence-corrected chi connectivity index (χ1v) is 8.63. The van der Waals surface area contributed by atoms with Gasteiger partial charge in [0.2, 0.25) is 12.7 Å². The third-order valence-corrected chi connectivity index (χ3v) is 4.87. The Morgan fingerprint density at radius 3 is 2.92 bits per heavy atom. The summed E-state index contributed by atoms with van der Waals surface area (Å²) in [7, 11) is 1.90. The van der Waals surface area contributed by atoms with Gasteiger partial charge in [-0.1, -0.05) is 6.07 Å². The van der Waals surface area contributed by atoms with Gasteiger partial charge in [-0.25, -0.2) is 0 Å². The fourth-order valence-corrected chi connectivity index (χ4v) is 3.25. The Morgan fingerprint density at radius 1 is 1.33 bits per heavy atom. The molecule has 3 rings (SSSR count). The first kappa shape index (κ1) is 16.8. The van der Waals surface area contributed by atoms with Crippen molar-refractivity contribution in [3.63, 3.8) is 0 Å². The summed E-state index contributed by atoms with van der Waals surface area (Å²) in [6, 6.07) is 6.51. The zero-order chi connectivity index (χ0) is 17.1. The van der Waals surface area contributed by atoms with Gasteiger partial charge in [-0.3, -0.25) is 9.69 Å². The summed E-state index contributed by atoms with van der Waals surface area (Å²) in [5.74, 6) is 1.53. The number of ether oxygens (including phenoxy) is 2. The van der Waals surface area contributed by atoms with Crippen molar-refractivity contribution in [3.8, 4) is 11.5 Å². The second kappa shape index (κ2) is 7.26. The molecule has 1 aromatic rings. The lowest BCUT2D eigenvalue weighted by Gasteiger charge is -2.39. The molecule has 2 aliphatic heterocycles. The molecular formula is C19H26N2O3. The lowest BCUT2D eigenvalue weighted by molar-refractivity contribution is -0.127. The zero-order valence-electron chi connectivity index (χ0n) is 14.7. The minimum atomic E-state index is 0.0447. The van der Waals surface area contributed by atoms with Gasteiger partial charge in [-0.2, -0.15) is 0 Å². The number of carbonyl (C=O) groups excluding carboxylic acids is 1. The lowest BCUT2D eigenvalue weighted by atomic mass is 10.0. The van der Waals surface area contributed by atoms with E-state index in [1.807, 2.05) is 36.2 Å². The van der Waals surface area contributed by atoms with Crippen molar-refractivity contribution in [2.75, 3.05) is 26.9 Å². The van der Waals surface area contributed by atoms with Crippen molar-refractivity contribution in [1.82, 2.24) is 9.80 Å². The standard InChI is InChI=1S/C19H26N2O3/c1-14(2)21-10-4-5-16(12-21)20(3)19(22)9-7-15-6-8-17-18(11-15)24-13-23-17/h6-9,11,14,16H,4-5,10,12-13H2,1-3H3/b9-7+. The van der Waals surface area contributed by atoms with Gasteiger partial charge in [0, 0.05) is 31.8 Å². The quantitative estimate of drug-likeness (QED) is 0.796. The molecule has 24 heavy (non-hydrogen) atoms. The van der Waals surface area contributed by atoms with Crippen LogP contribution >= 0.6 is 0 Å². The molecule has 1 saturated heterocycles. The van der Waals surface area contributed by atoms with Crippen LogP contribution in [0.5, 0.6) is 11.5 Å². The number of nitrogens with zero attached hydrogens (tertiary/aromatic N) is 2. The van der Waals surface area contributed by atoms with Gasteiger partial charge in [0.1, 0.15) is 0 Å². The smallest absolute Gasteiger partial charge is 0.246 e. The SMILES string of the molecule is CC(C)N1CCCC(N(C)C(=O)/C=C/c2ccc3c(c2)OCO3)C1. The normalized spacial score (nSPS) is 20.8. The fraction of sp³-hybridized carbons (Fsp3) is 0.526. The largest absolute Gasteiger partial charge is 0.454 e. The van der Waals surface area contributed by atoms with Crippen molar-refractivity contribution in [2.45, 2.75) is 38.8 Å². The highest BCUT2D eigenvalue weighted by atomic mass is 16.7. The summed E-state index contributed by atoms with van der Waals surface area (Å²) in [5.41, 5.74) is 0.938. The average Bonchev–Trinajstić information content (AvgIpc) is 3.06. The predicted molar refractivity (Wildman–Crippen MR) is 94.1 cm³/mol. The summed E-state index contributed by atoms with van der Waals surface area (Å²) in [6.45, 7) is 6.77. The molecule has 5 nitrogen and oxygen atoms in total. The summed E-state index contributed by atoms with van der Waals surface area (Å²) >= 11 is 0.